The van der Waals surface area contributed by atoms with Crippen LogP contribution in [0.2, 0.25) is 0 Å². The number of hydrogen-bond donors (Lipinski definition) is 1. The van der Waals surface area contributed by atoms with Gasteiger partial charge in [0, 0.05) is 26.6 Å². The fourth-order valence-corrected chi connectivity index (χ4v) is 1.78. The molecule has 1 atom stereocenters. The van der Waals surface area contributed by atoms with Crippen molar-refractivity contribution in [3.8, 4) is 0 Å². The van der Waals surface area contributed by atoms with Gasteiger partial charge in [-0.2, -0.15) is 0 Å². The highest BCUT2D eigenvalue weighted by Gasteiger charge is 2.12. The lowest BCUT2D eigenvalue weighted by Gasteiger charge is -2.21. The van der Waals surface area contributed by atoms with E-state index >= 15 is 0 Å². The van der Waals surface area contributed by atoms with E-state index in [1.807, 2.05) is 26.0 Å². The number of carbonyl (C=O) groups is 1. The van der Waals surface area contributed by atoms with Crippen LogP contribution < -0.4 is 5.73 Å². The number of likely N-dealkylation sites (N-methyl/N-ethyl adjacent to an activating group) is 2. The molecular formula is C13H29N3O. The predicted octanol–water partition coefficient (Wildman–Crippen LogP) is 1.16. The van der Waals surface area contributed by atoms with Crippen molar-refractivity contribution in [2.24, 2.45) is 11.7 Å². The van der Waals surface area contributed by atoms with Gasteiger partial charge in [0.1, 0.15) is 0 Å². The van der Waals surface area contributed by atoms with Gasteiger partial charge in [0.2, 0.25) is 5.91 Å². The summed E-state index contributed by atoms with van der Waals surface area (Å²) in [5, 5.41) is 0. The molecule has 0 rings (SSSR count). The molecule has 0 aromatic rings. The summed E-state index contributed by atoms with van der Waals surface area (Å²) in [5.74, 6) is 0.855. The fraction of sp³-hybridized carbons (Fsp3) is 0.923. The highest BCUT2D eigenvalue weighted by molar-refractivity contribution is 5.75. The molecule has 0 radical (unpaired) electrons. The number of carbonyl (C=O) groups excluding carboxylic acids is 1. The lowest BCUT2D eigenvalue weighted by Crippen LogP contribution is -2.33. The van der Waals surface area contributed by atoms with E-state index in [-0.39, 0.29) is 5.91 Å². The Bertz CT molecular complexity index is 207. The van der Waals surface area contributed by atoms with Gasteiger partial charge in [0.05, 0.1) is 0 Å². The van der Waals surface area contributed by atoms with E-state index in [0.29, 0.717) is 12.3 Å². The Kier molecular flexibility index (Phi) is 9.09. The van der Waals surface area contributed by atoms with Crippen LogP contribution in [0.5, 0.6) is 0 Å². The average Bonchev–Trinajstić information content (AvgIpc) is 2.30. The molecule has 0 aromatic heterocycles. The highest BCUT2D eigenvalue weighted by atomic mass is 16.2. The third-order valence-electron chi connectivity index (χ3n) is 3.23. The quantitative estimate of drug-likeness (QED) is 0.661. The second kappa shape index (κ2) is 9.42. The van der Waals surface area contributed by atoms with Gasteiger partial charge in [-0.05, 0) is 39.4 Å². The largest absolute Gasteiger partial charge is 0.344 e. The molecule has 0 spiro atoms. The Morgan fingerprint density at radius 1 is 1.18 bits per heavy atom. The molecule has 1 amide bonds. The number of nitrogens with two attached hydrogens (primary N) is 1. The SMILES string of the molecule is CCC(CCN)CCC(=O)N(C)CCN(C)C. The molecule has 102 valence electrons. The van der Waals surface area contributed by atoms with Crippen LogP contribution in [0.4, 0.5) is 0 Å². The Morgan fingerprint density at radius 3 is 2.29 bits per heavy atom. The van der Waals surface area contributed by atoms with Crippen LogP contribution in [0.25, 0.3) is 0 Å². The van der Waals surface area contributed by atoms with Crippen molar-refractivity contribution in [3.05, 3.63) is 0 Å². The van der Waals surface area contributed by atoms with Crippen LogP contribution in [0.3, 0.4) is 0 Å². The zero-order chi connectivity index (χ0) is 13.3. The summed E-state index contributed by atoms with van der Waals surface area (Å²) in [6.07, 6.45) is 3.78. The molecular weight excluding hydrogens is 214 g/mol. The number of hydrogen-bond acceptors (Lipinski definition) is 3. The fourth-order valence-electron chi connectivity index (χ4n) is 1.78. The first-order valence-electron chi connectivity index (χ1n) is 6.60. The van der Waals surface area contributed by atoms with Crippen LogP contribution in [0.1, 0.15) is 32.6 Å². The zero-order valence-corrected chi connectivity index (χ0v) is 11.9. The average molecular weight is 243 g/mol. The van der Waals surface area contributed by atoms with Crippen molar-refractivity contribution in [1.82, 2.24) is 9.80 Å². The topological polar surface area (TPSA) is 49.6 Å². The molecule has 4 nitrogen and oxygen atoms in total. The third kappa shape index (κ3) is 8.16. The molecule has 0 aliphatic carbocycles. The Labute approximate surface area is 106 Å². The standard InChI is InChI=1S/C13H29N3O/c1-5-12(8-9-14)6-7-13(17)16(4)11-10-15(2)3/h12H,5-11,14H2,1-4H3. The maximum Gasteiger partial charge on any atom is 0.222 e. The van der Waals surface area contributed by atoms with Gasteiger partial charge >= 0.3 is 0 Å². The monoisotopic (exact) mass is 243 g/mol. The summed E-state index contributed by atoms with van der Waals surface area (Å²) in [6, 6.07) is 0. The first-order chi connectivity index (χ1) is 8.01. The van der Waals surface area contributed by atoms with Crippen molar-refractivity contribution in [1.29, 1.82) is 0 Å². The number of rotatable bonds is 9. The minimum atomic E-state index is 0.252. The molecule has 0 aliphatic rings. The first kappa shape index (κ1) is 16.4. The lowest BCUT2D eigenvalue weighted by atomic mass is 9.96. The molecule has 0 bridgehead atoms. The van der Waals surface area contributed by atoms with Gasteiger partial charge in [-0.1, -0.05) is 13.3 Å². The van der Waals surface area contributed by atoms with E-state index in [1.54, 1.807) is 0 Å². The number of nitrogens with zero attached hydrogens (tertiary/aromatic N) is 2. The summed E-state index contributed by atoms with van der Waals surface area (Å²) >= 11 is 0. The van der Waals surface area contributed by atoms with Gasteiger partial charge in [0.25, 0.3) is 0 Å². The van der Waals surface area contributed by atoms with Gasteiger partial charge in [-0.25, -0.2) is 0 Å². The molecule has 0 aromatic carbocycles. The Hall–Kier alpha value is -0.610. The second-order valence-corrected chi connectivity index (χ2v) is 5.01. The second-order valence-electron chi connectivity index (χ2n) is 5.01. The van der Waals surface area contributed by atoms with E-state index in [1.165, 1.54) is 0 Å². The predicted molar refractivity (Wildman–Crippen MR) is 72.9 cm³/mol. The van der Waals surface area contributed by atoms with Gasteiger partial charge < -0.3 is 15.5 Å². The maximum atomic E-state index is 11.9. The van der Waals surface area contributed by atoms with Gasteiger partial charge in [-0.3, -0.25) is 4.79 Å². The van der Waals surface area contributed by atoms with E-state index in [0.717, 1.165) is 38.9 Å². The van der Waals surface area contributed by atoms with E-state index in [9.17, 15) is 4.79 Å². The normalized spacial score (nSPS) is 12.8. The minimum absolute atomic E-state index is 0.252. The van der Waals surface area contributed by atoms with Crippen molar-refractivity contribution in [2.75, 3.05) is 40.8 Å². The summed E-state index contributed by atoms with van der Waals surface area (Å²) in [4.78, 5) is 15.8. The molecule has 0 fully saturated rings. The molecule has 0 aliphatic heterocycles. The molecule has 0 saturated heterocycles. The maximum absolute atomic E-state index is 11.9. The zero-order valence-electron chi connectivity index (χ0n) is 11.9. The molecule has 0 saturated carbocycles. The van der Waals surface area contributed by atoms with Gasteiger partial charge in [-0.15, -0.1) is 0 Å². The van der Waals surface area contributed by atoms with Crippen molar-refractivity contribution in [2.45, 2.75) is 32.6 Å². The van der Waals surface area contributed by atoms with Gasteiger partial charge in [0.15, 0.2) is 0 Å². The van der Waals surface area contributed by atoms with Crippen LogP contribution in [0, 0.1) is 5.92 Å². The van der Waals surface area contributed by atoms with Crippen molar-refractivity contribution >= 4 is 5.91 Å². The van der Waals surface area contributed by atoms with Crippen LogP contribution in [-0.2, 0) is 4.79 Å². The highest BCUT2D eigenvalue weighted by Crippen LogP contribution is 2.15. The van der Waals surface area contributed by atoms with E-state index < -0.39 is 0 Å². The van der Waals surface area contributed by atoms with Crippen LogP contribution >= 0.6 is 0 Å². The van der Waals surface area contributed by atoms with Crippen LogP contribution in [-0.4, -0.2) is 56.5 Å². The van der Waals surface area contributed by atoms with E-state index in [4.69, 9.17) is 5.73 Å². The lowest BCUT2D eigenvalue weighted by molar-refractivity contribution is -0.130. The Morgan fingerprint density at radius 2 is 1.82 bits per heavy atom. The number of amides is 1. The van der Waals surface area contributed by atoms with Crippen LogP contribution in [0.15, 0.2) is 0 Å². The minimum Gasteiger partial charge on any atom is -0.344 e. The molecule has 2 N–H and O–H groups in total. The third-order valence-corrected chi connectivity index (χ3v) is 3.23. The Balaban J connectivity index is 3.83. The summed E-state index contributed by atoms with van der Waals surface area (Å²) in [7, 11) is 5.93. The molecule has 1 unspecified atom stereocenters. The first-order valence-corrected chi connectivity index (χ1v) is 6.60. The van der Waals surface area contributed by atoms with Crippen molar-refractivity contribution < 1.29 is 4.79 Å². The summed E-state index contributed by atoms with van der Waals surface area (Å²) in [6.45, 7) is 4.62. The smallest absolute Gasteiger partial charge is 0.222 e. The summed E-state index contributed by atoms with van der Waals surface area (Å²) < 4.78 is 0. The van der Waals surface area contributed by atoms with Crippen molar-refractivity contribution in [3.63, 3.8) is 0 Å². The molecule has 17 heavy (non-hydrogen) atoms. The molecule has 0 heterocycles. The van der Waals surface area contributed by atoms with E-state index in [2.05, 4.69) is 11.8 Å². The molecule has 4 heteroatoms. The summed E-state index contributed by atoms with van der Waals surface area (Å²) in [5.41, 5.74) is 5.55.